The lowest BCUT2D eigenvalue weighted by Crippen LogP contribution is -2.66. The van der Waals surface area contributed by atoms with E-state index in [1.54, 1.807) is 0 Å². The number of hydrogen-bond acceptors (Lipinski definition) is 3. The van der Waals surface area contributed by atoms with E-state index in [-0.39, 0.29) is 11.8 Å². The summed E-state index contributed by atoms with van der Waals surface area (Å²) in [5.41, 5.74) is -1.20. The minimum Gasteiger partial charge on any atom is -0.484 e. The van der Waals surface area contributed by atoms with Gasteiger partial charge in [-0.1, -0.05) is 32.0 Å². The third kappa shape index (κ3) is 2.86. The van der Waals surface area contributed by atoms with Gasteiger partial charge >= 0.3 is 0 Å². The van der Waals surface area contributed by atoms with Gasteiger partial charge in [0.25, 0.3) is 5.91 Å². The van der Waals surface area contributed by atoms with Crippen LogP contribution in [0.5, 0.6) is 5.75 Å². The molecular weight excluding hydrogens is 333 g/mol. The summed E-state index contributed by atoms with van der Waals surface area (Å²) in [6.07, 6.45) is 0. The number of benzene rings is 2. The molecule has 0 aliphatic carbocycles. The van der Waals surface area contributed by atoms with Crippen LogP contribution in [0.4, 0.5) is 4.39 Å². The first-order chi connectivity index (χ1) is 12.2. The summed E-state index contributed by atoms with van der Waals surface area (Å²) >= 11 is 0. The van der Waals surface area contributed by atoms with Gasteiger partial charge in [0, 0.05) is 11.1 Å². The number of aliphatic hydroxyl groups is 1. The SMILES string of the molecule is CC(C)[C@@]1(O)[C@H](NC(=O)c2ccc(F)cc2)c2ccccc2OC1(C)C. The highest BCUT2D eigenvalue weighted by Gasteiger charge is 2.58. The maximum Gasteiger partial charge on any atom is 0.251 e. The normalized spacial score (nSPS) is 23.9. The molecular formula is C21H24FNO3. The Morgan fingerprint density at radius 3 is 2.38 bits per heavy atom. The summed E-state index contributed by atoms with van der Waals surface area (Å²) < 4.78 is 19.2. The Labute approximate surface area is 153 Å². The van der Waals surface area contributed by atoms with Crippen molar-refractivity contribution in [2.45, 2.75) is 44.9 Å². The molecule has 0 radical (unpaired) electrons. The maximum absolute atomic E-state index is 13.1. The molecule has 0 saturated carbocycles. The molecule has 2 N–H and O–H groups in total. The van der Waals surface area contributed by atoms with Gasteiger partial charge in [0.05, 0.1) is 6.04 Å². The lowest BCUT2D eigenvalue weighted by molar-refractivity contribution is -0.174. The first-order valence-electron chi connectivity index (χ1n) is 8.73. The fraction of sp³-hybridized carbons (Fsp3) is 0.381. The fourth-order valence-electron chi connectivity index (χ4n) is 3.79. The molecule has 26 heavy (non-hydrogen) atoms. The standard InChI is InChI=1S/C21H24FNO3/c1-13(2)21(25)18(23-19(24)14-9-11-15(22)12-10-14)16-7-5-6-8-17(16)26-20(21,3)4/h5-13,18,25H,1-4H3,(H,23,24)/t18-,21-/m1/s1. The van der Waals surface area contributed by atoms with Crippen molar-refractivity contribution < 1.29 is 19.0 Å². The van der Waals surface area contributed by atoms with Gasteiger partial charge in [0.1, 0.15) is 22.8 Å². The van der Waals surface area contributed by atoms with E-state index in [9.17, 15) is 14.3 Å². The van der Waals surface area contributed by atoms with Crippen molar-refractivity contribution in [1.29, 1.82) is 0 Å². The van der Waals surface area contributed by atoms with Crippen LogP contribution in [0.15, 0.2) is 48.5 Å². The van der Waals surface area contributed by atoms with E-state index in [2.05, 4.69) is 5.32 Å². The second kappa shape index (κ2) is 6.40. The molecule has 0 spiro atoms. The average Bonchev–Trinajstić information content (AvgIpc) is 2.58. The van der Waals surface area contributed by atoms with E-state index in [0.717, 1.165) is 5.56 Å². The summed E-state index contributed by atoms with van der Waals surface area (Å²) in [5.74, 6) is -0.337. The number of carbonyl (C=O) groups is 1. The van der Waals surface area contributed by atoms with Crippen molar-refractivity contribution >= 4 is 5.91 Å². The van der Waals surface area contributed by atoms with Gasteiger partial charge in [-0.2, -0.15) is 0 Å². The van der Waals surface area contributed by atoms with E-state index in [0.29, 0.717) is 11.3 Å². The highest BCUT2D eigenvalue weighted by Crippen LogP contribution is 2.49. The molecule has 1 aliphatic heterocycles. The second-order valence-corrected chi connectivity index (χ2v) is 7.54. The zero-order valence-electron chi connectivity index (χ0n) is 15.4. The Morgan fingerprint density at radius 2 is 1.77 bits per heavy atom. The summed E-state index contributed by atoms with van der Waals surface area (Å²) in [5, 5.41) is 14.6. The molecule has 138 valence electrons. The van der Waals surface area contributed by atoms with Crippen LogP contribution in [-0.4, -0.2) is 22.2 Å². The van der Waals surface area contributed by atoms with E-state index in [1.165, 1.54) is 24.3 Å². The Hall–Kier alpha value is -2.40. The van der Waals surface area contributed by atoms with Crippen molar-refractivity contribution in [2.75, 3.05) is 0 Å². The van der Waals surface area contributed by atoms with Crippen LogP contribution in [0.25, 0.3) is 0 Å². The molecule has 1 amide bonds. The number of carbonyl (C=O) groups excluding carboxylic acids is 1. The number of amides is 1. The van der Waals surface area contributed by atoms with Crippen LogP contribution in [0.1, 0.15) is 49.7 Å². The van der Waals surface area contributed by atoms with Crippen LogP contribution in [0.2, 0.25) is 0 Å². The number of fused-ring (bicyclic) bond motifs is 1. The molecule has 0 fully saturated rings. The van der Waals surface area contributed by atoms with Gasteiger partial charge in [-0.15, -0.1) is 0 Å². The molecule has 0 bridgehead atoms. The Balaban J connectivity index is 2.05. The first kappa shape index (κ1) is 18.4. The van der Waals surface area contributed by atoms with Crippen LogP contribution in [0, 0.1) is 11.7 Å². The largest absolute Gasteiger partial charge is 0.484 e. The van der Waals surface area contributed by atoms with E-state index >= 15 is 0 Å². The summed E-state index contributed by atoms with van der Waals surface area (Å²) in [6, 6.07) is 12.0. The molecule has 0 aromatic heterocycles. The molecule has 0 saturated heterocycles. The summed E-state index contributed by atoms with van der Waals surface area (Å²) in [7, 11) is 0. The second-order valence-electron chi connectivity index (χ2n) is 7.54. The Kier molecular flexibility index (Phi) is 4.53. The van der Waals surface area contributed by atoms with Crippen molar-refractivity contribution in [1.82, 2.24) is 5.32 Å². The molecule has 4 nitrogen and oxygen atoms in total. The quantitative estimate of drug-likeness (QED) is 0.877. The molecule has 0 unspecified atom stereocenters. The lowest BCUT2D eigenvalue weighted by atomic mass is 9.68. The number of hydrogen-bond donors (Lipinski definition) is 2. The van der Waals surface area contributed by atoms with Crippen molar-refractivity contribution in [2.24, 2.45) is 5.92 Å². The molecule has 1 heterocycles. The molecule has 1 aliphatic rings. The zero-order chi connectivity index (χ0) is 19.1. The zero-order valence-corrected chi connectivity index (χ0v) is 15.4. The predicted molar refractivity (Wildman–Crippen MR) is 97.5 cm³/mol. The average molecular weight is 357 g/mol. The highest BCUT2D eigenvalue weighted by molar-refractivity contribution is 5.94. The molecule has 2 aromatic carbocycles. The monoisotopic (exact) mass is 357 g/mol. The minimum atomic E-state index is -1.34. The first-order valence-corrected chi connectivity index (χ1v) is 8.73. The summed E-state index contributed by atoms with van der Waals surface area (Å²) in [6.45, 7) is 7.44. The highest BCUT2D eigenvalue weighted by atomic mass is 19.1. The van der Waals surface area contributed by atoms with Gasteiger partial charge in [-0.05, 0) is 50.1 Å². The maximum atomic E-state index is 13.1. The fourth-order valence-corrected chi connectivity index (χ4v) is 3.79. The van der Waals surface area contributed by atoms with Gasteiger partial charge in [0.2, 0.25) is 0 Å². The predicted octanol–water partition coefficient (Wildman–Crippen LogP) is 3.85. The Bertz CT molecular complexity index is 816. The minimum absolute atomic E-state index is 0.190. The van der Waals surface area contributed by atoms with Crippen molar-refractivity contribution in [3.05, 3.63) is 65.5 Å². The van der Waals surface area contributed by atoms with Crippen molar-refractivity contribution in [3.63, 3.8) is 0 Å². The number of halogens is 1. The molecule has 3 rings (SSSR count). The van der Waals surface area contributed by atoms with Crippen molar-refractivity contribution in [3.8, 4) is 5.75 Å². The van der Waals surface area contributed by atoms with Crippen LogP contribution in [0.3, 0.4) is 0 Å². The van der Waals surface area contributed by atoms with Crippen LogP contribution < -0.4 is 10.1 Å². The van der Waals surface area contributed by atoms with Gasteiger partial charge in [-0.3, -0.25) is 4.79 Å². The number of ether oxygens (including phenoxy) is 1. The number of nitrogens with one attached hydrogen (secondary N) is 1. The lowest BCUT2D eigenvalue weighted by Gasteiger charge is -2.53. The summed E-state index contributed by atoms with van der Waals surface area (Å²) in [4.78, 5) is 12.8. The third-order valence-electron chi connectivity index (χ3n) is 5.26. The van der Waals surface area contributed by atoms with Crippen LogP contribution >= 0.6 is 0 Å². The number of rotatable bonds is 3. The van der Waals surface area contributed by atoms with Gasteiger partial charge in [-0.25, -0.2) is 4.39 Å². The van der Waals surface area contributed by atoms with E-state index < -0.39 is 23.1 Å². The molecule has 2 atom stereocenters. The molecule has 2 aromatic rings. The van der Waals surface area contributed by atoms with E-state index in [4.69, 9.17) is 4.74 Å². The van der Waals surface area contributed by atoms with Gasteiger partial charge < -0.3 is 15.2 Å². The van der Waals surface area contributed by atoms with E-state index in [1.807, 2.05) is 52.0 Å². The smallest absolute Gasteiger partial charge is 0.251 e. The topological polar surface area (TPSA) is 58.6 Å². The van der Waals surface area contributed by atoms with Gasteiger partial charge in [0.15, 0.2) is 0 Å². The molecule has 5 heteroatoms. The third-order valence-corrected chi connectivity index (χ3v) is 5.26. The Morgan fingerprint density at radius 1 is 1.15 bits per heavy atom. The number of para-hydroxylation sites is 1. The van der Waals surface area contributed by atoms with Crippen LogP contribution in [-0.2, 0) is 0 Å².